The van der Waals surface area contributed by atoms with Crippen LogP contribution in [0.15, 0.2) is 42.6 Å². The molecule has 2 aromatic rings. The maximum atomic E-state index is 12.6. The van der Waals surface area contributed by atoms with Crippen LogP contribution < -0.4 is 4.90 Å². The lowest BCUT2D eigenvalue weighted by atomic mass is 9.95. The van der Waals surface area contributed by atoms with Crippen LogP contribution in [-0.2, 0) is 4.79 Å². The van der Waals surface area contributed by atoms with Gasteiger partial charge in [-0.2, -0.15) is 0 Å². The fraction of sp³-hybridized carbons (Fsp3) is 0.316. The van der Waals surface area contributed by atoms with E-state index in [1.807, 2.05) is 32.9 Å². The van der Waals surface area contributed by atoms with Crippen molar-refractivity contribution in [3.05, 3.63) is 58.7 Å². The predicted molar refractivity (Wildman–Crippen MR) is 96.7 cm³/mol. The van der Waals surface area contributed by atoms with Crippen LogP contribution in [0.4, 0.5) is 5.82 Å². The average molecular weight is 345 g/mol. The van der Waals surface area contributed by atoms with Crippen molar-refractivity contribution in [1.29, 1.82) is 0 Å². The van der Waals surface area contributed by atoms with Crippen LogP contribution >= 0.6 is 11.6 Å². The van der Waals surface area contributed by atoms with Crippen molar-refractivity contribution in [2.45, 2.75) is 26.7 Å². The summed E-state index contributed by atoms with van der Waals surface area (Å²) < 4.78 is 0. The van der Waals surface area contributed by atoms with Crippen LogP contribution in [0.25, 0.3) is 0 Å². The number of amides is 1. The van der Waals surface area contributed by atoms with Crippen LogP contribution in [0.5, 0.6) is 0 Å². The van der Waals surface area contributed by atoms with Crippen LogP contribution in [0.3, 0.4) is 0 Å². The van der Waals surface area contributed by atoms with Gasteiger partial charge in [-0.25, -0.2) is 4.98 Å². The summed E-state index contributed by atoms with van der Waals surface area (Å²) in [6.45, 7) is 5.58. The smallest absolute Gasteiger partial charge is 0.235 e. The third-order valence-electron chi connectivity index (χ3n) is 3.98. The third-order valence-corrected chi connectivity index (χ3v) is 4.20. The Morgan fingerprint density at radius 1 is 1.04 bits per heavy atom. The highest BCUT2D eigenvalue weighted by Gasteiger charge is 2.21. The zero-order chi connectivity index (χ0) is 17.9. The molecule has 24 heavy (non-hydrogen) atoms. The first kappa shape index (κ1) is 18.1. The summed E-state index contributed by atoms with van der Waals surface area (Å²) in [5, 5.41) is 0.526. The van der Waals surface area contributed by atoms with Gasteiger partial charge in [0.15, 0.2) is 5.78 Å². The van der Waals surface area contributed by atoms with Crippen molar-refractivity contribution in [2.24, 2.45) is 5.92 Å². The molecule has 0 aliphatic carbocycles. The minimum absolute atomic E-state index is 0.0444. The van der Waals surface area contributed by atoms with Gasteiger partial charge in [0, 0.05) is 24.7 Å². The number of likely N-dealkylation sites (N-methyl/N-ethyl adjacent to an activating group) is 1. The molecule has 126 valence electrons. The van der Waals surface area contributed by atoms with Gasteiger partial charge in [0.05, 0.1) is 10.9 Å². The van der Waals surface area contributed by atoms with Crippen molar-refractivity contribution in [3.63, 3.8) is 0 Å². The number of hydrogen-bond acceptors (Lipinski definition) is 3. The molecule has 0 aliphatic rings. The van der Waals surface area contributed by atoms with Gasteiger partial charge in [0.2, 0.25) is 5.91 Å². The molecule has 1 aromatic heterocycles. The molecule has 0 spiro atoms. The highest BCUT2D eigenvalue weighted by molar-refractivity contribution is 6.30. The van der Waals surface area contributed by atoms with Gasteiger partial charge in [0.1, 0.15) is 5.82 Å². The number of ketones is 1. The molecule has 1 heterocycles. The summed E-state index contributed by atoms with van der Waals surface area (Å²) in [7, 11) is 1.69. The molecule has 5 heteroatoms. The van der Waals surface area contributed by atoms with Crippen molar-refractivity contribution < 1.29 is 9.59 Å². The average Bonchev–Trinajstić information content (AvgIpc) is 2.60. The Kier molecular flexibility index (Phi) is 5.73. The van der Waals surface area contributed by atoms with E-state index in [9.17, 15) is 9.59 Å². The number of nitrogens with zero attached hydrogens (tertiary/aromatic N) is 2. The minimum Gasteiger partial charge on any atom is -0.299 e. The lowest BCUT2D eigenvalue weighted by Gasteiger charge is -2.21. The molecule has 4 nitrogen and oxygen atoms in total. The first-order valence-corrected chi connectivity index (χ1v) is 8.22. The summed E-state index contributed by atoms with van der Waals surface area (Å²) in [4.78, 5) is 30.3. The highest BCUT2D eigenvalue weighted by Crippen LogP contribution is 2.22. The highest BCUT2D eigenvalue weighted by atomic mass is 35.5. The van der Waals surface area contributed by atoms with E-state index in [1.54, 1.807) is 31.3 Å². The summed E-state index contributed by atoms with van der Waals surface area (Å²) in [6.07, 6.45) is 1.51. The number of anilines is 1. The molecule has 0 aliphatic heterocycles. The predicted octanol–water partition coefficient (Wildman–Crippen LogP) is 4.34. The van der Waals surface area contributed by atoms with E-state index >= 15 is 0 Å². The number of benzene rings is 1. The van der Waals surface area contributed by atoms with Gasteiger partial charge >= 0.3 is 0 Å². The normalized spacial score (nSPS) is 12.1. The Labute approximate surface area is 147 Å². The maximum Gasteiger partial charge on any atom is 0.235 e. The van der Waals surface area contributed by atoms with E-state index in [1.165, 1.54) is 11.1 Å². The topological polar surface area (TPSA) is 50.3 Å². The van der Waals surface area contributed by atoms with Crippen LogP contribution in [0.2, 0.25) is 5.02 Å². The Morgan fingerprint density at radius 2 is 1.67 bits per heavy atom. The molecule has 0 saturated carbocycles. The third kappa shape index (κ3) is 4.01. The van der Waals surface area contributed by atoms with Crippen molar-refractivity contribution in [2.75, 3.05) is 11.9 Å². The van der Waals surface area contributed by atoms with Crippen molar-refractivity contribution in [1.82, 2.24) is 4.98 Å². The number of carbonyl (C=O) groups excluding carboxylic acids is 2. The summed E-state index contributed by atoms with van der Waals surface area (Å²) >= 11 is 5.82. The van der Waals surface area contributed by atoms with E-state index in [0.717, 1.165) is 5.56 Å². The fourth-order valence-electron chi connectivity index (χ4n) is 2.38. The van der Waals surface area contributed by atoms with Crippen LogP contribution in [-0.4, -0.2) is 23.7 Å². The van der Waals surface area contributed by atoms with E-state index in [4.69, 9.17) is 11.6 Å². The lowest BCUT2D eigenvalue weighted by Crippen LogP contribution is -2.31. The monoisotopic (exact) mass is 344 g/mol. The molecule has 1 atom stereocenters. The number of Topliss-reactive ketones (excluding diaryl/α,β-unsaturated/α-hetero) is 1. The van der Waals surface area contributed by atoms with E-state index in [-0.39, 0.29) is 23.5 Å². The Hall–Kier alpha value is -2.20. The second-order valence-corrected chi connectivity index (χ2v) is 6.53. The Morgan fingerprint density at radius 3 is 2.17 bits per heavy atom. The lowest BCUT2D eigenvalue weighted by molar-refractivity contribution is -0.119. The number of aromatic nitrogens is 1. The van der Waals surface area contributed by atoms with E-state index < -0.39 is 0 Å². The summed E-state index contributed by atoms with van der Waals surface area (Å²) in [5.41, 5.74) is 1.53. The second-order valence-electron chi connectivity index (χ2n) is 6.09. The SMILES string of the molecule is CC(C)C(=O)c1ccc([C@H](C)C(=O)N(C)c2ccc(Cl)cn2)cc1. The van der Waals surface area contributed by atoms with Gasteiger partial charge in [-0.3, -0.25) is 14.5 Å². The second kappa shape index (κ2) is 7.58. The molecule has 1 aromatic carbocycles. The van der Waals surface area contributed by atoms with Gasteiger partial charge in [-0.05, 0) is 24.6 Å². The van der Waals surface area contributed by atoms with Gasteiger partial charge in [0.25, 0.3) is 0 Å². The summed E-state index contributed by atoms with van der Waals surface area (Å²) in [5.74, 6) is 0.186. The minimum atomic E-state index is -0.337. The number of hydrogen-bond donors (Lipinski definition) is 0. The zero-order valence-corrected chi connectivity index (χ0v) is 15.0. The first-order valence-electron chi connectivity index (χ1n) is 7.84. The van der Waals surface area contributed by atoms with Gasteiger partial charge in [-0.15, -0.1) is 0 Å². The largest absolute Gasteiger partial charge is 0.299 e. The Bertz CT molecular complexity index is 724. The van der Waals surface area contributed by atoms with Gasteiger partial charge in [-0.1, -0.05) is 49.7 Å². The zero-order valence-electron chi connectivity index (χ0n) is 14.3. The molecule has 0 radical (unpaired) electrons. The fourth-order valence-corrected chi connectivity index (χ4v) is 2.49. The molecule has 0 N–H and O–H groups in total. The molecule has 0 fully saturated rings. The maximum absolute atomic E-state index is 12.6. The van der Waals surface area contributed by atoms with Crippen LogP contribution in [0, 0.1) is 5.92 Å². The molecule has 0 unspecified atom stereocenters. The first-order chi connectivity index (χ1) is 11.3. The molecular weight excluding hydrogens is 324 g/mol. The quantitative estimate of drug-likeness (QED) is 0.758. The van der Waals surface area contributed by atoms with E-state index in [0.29, 0.717) is 16.4 Å². The molecular formula is C19H21ClN2O2. The number of rotatable bonds is 5. The van der Waals surface area contributed by atoms with E-state index in [2.05, 4.69) is 4.98 Å². The Balaban J connectivity index is 2.15. The number of carbonyl (C=O) groups is 2. The standard InChI is InChI=1S/C19H21ClN2O2/c1-12(2)18(23)15-7-5-14(6-8-15)13(3)19(24)22(4)17-10-9-16(20)11-21-17/h5-13H,1-4H3/t13-/m0/s1. The number of halogens is 1. The van der Waals surface area contributed by atoms with Crippen LogP contribution in [0.1, 0.15) is 42.6 Å². The number of pyridine rings is 1. The van der Waals surface area contributed by atoms with Crippen molar-refractivity contribution in [3.8, 4) is 0 Å². The molecule has 0 bridgehead atoms. The molecule has 1 amide bonds. The van der Waals surface area contributed by atoms with Crippen molar-refractivity contribution >= 4 is 29.1 Å². The van der Waals surface area contributed by atoms with Gasteiger partial charge < -0.3 is 0 Å². The summed E-state index contributed by atoms with van der Waals surface area (Å²) in [6, 6.07) is 10.6. The molecule has 2 rings (SSSR count). The molecule has 0 saturated heterocycles.